The first-order chi connectivity index (χ1) is 8.97. The van der Waals surface area contributed by atoms with E-state index in [0.717, 1.165) is 0 Å². The fourth-order valence-electron chi connectivity index (χ4n) is 1.42. The molecule has 3 N–H and O–H groups in total. The standard InChI is InChI=1S/C13H9Cl3N2O/c14-8-3-7(13(19)11(16)4-8)6-18-9-1-2-12(17)10(15)5-9/h1-6,19H,17H2. The molecule has 6 heteroatoms. The number of phenols is 1. The molecule has 0 amide bonds. The molecule has 0 spiro atoms. The van der Waals surface area contributed by atoms with E-state index in [1.165, 1.54) is 12.3 Å². The molecule has 98 valence electrons. The Hall–Kier alpha value is -1.42. The van der Waals surface area contributed by atoms with E-state index in [-0.39, 0.29) is 10.8 Å². The van der Waals surface area contributed by atoms with Gasteiger partial charge in [-0.25, -0.2) is 0 Å². The van der Waals surface area contributed by atoms with Gasteiger partial charge in [0.2, 0.25) is 0 Å². The van der Waals surface area contributed by atoms with Crippen molar-refractivity contribution in [2.24, 2.45) is 4.99 Å². The predicted octanol–water partition coefficient (Wildman–Crippen LogP) is 4.69. The van der Waals surface area contributed by atoms with Crippen LogP contribution in [0, 0.1) is 0 Å². The van der Waals surface area contributed by atoms with Gasteiger partial charge < -0.3 is 10.8 Å². The third kappa shape index (κ3) is 3.32. The Balaban J connectivity index is 2.35. The number of hydrogen-bond acceptors (Lipinski definition) is 3. The molecule has 0 heterocycles. The number of aliphatic imine (C=N–C) groups is 1. The largest absolute Gasteiger partial charge is 0.506 e. The highest BCUT2D eigenvalue weighted by atomic mass is 35.5. The van der Waals surface area contributed by atoms with E-state index in [4.69, 9.17) is 40.5 Å². The number of nitrogens with zero attached hydrogens (tertiary/aromatic N) is 1. The fourth-order valence-corrected chi connectivity index (χ4v) is 2.11. The van der Waals surface area contributed by atoms with E-state index in [9.17, 15) is 5.11 Å². The summed E-state index contributed by atoms with van der Waals surface area (Å²) in [5.41, 5.74) is 7.11. The molecule has 0 saturated carbocycles. The minimum absolute atomic E-state index is 0.0728. The van der Waals surface area contributed by atoms with E-state index < -0.39 is 0 Å². The average Bonchev–Trinajstić information content (AvgIpc) is 2.36. The number of rotatable bonds is 2. The summed E-state index contributed by atoms with van der Waals surface area (Å²) in [5.74, 6) is -0.0728. The number of hydrogen-bond donors (Lipinski definition) is 2. The molecule has 2 aromatic rings. The zero-order valence-electron chi connectivity index (χ0n) is 9.57. The molecule has 0 aliphatic carbocycles. The zero-order valence-corrected chi connectivity index (χ0v) is 11.8. The van der Waals surface area contributed by atoms with E-state index in [2.05, 4.69) is 4.99 Å². The van der Waals surface area contributed by atoms with Crippen LogP contribution in [0.2, 0.25) is 15.1 Å². The van der Waals surface area contributed by atoms with E-state index in [0.29, 0.717) is 27.0 Å². The highest BCUT2D eigenvalue weighted by Gasteiger charge is 2.06. The zero-order chi connectivity index (χ0) is 14.0. The van der Waals surface area contributed by atoms with Gasteiger partial charge in [-0.05, 0) is 30.3 Å². The van der Waals surface area contributed by atoms with Crippen LogP contribution >= 0.6 is 34.8 Å². The van der Waals surface area contributed by atoms with Crippen molar-refractivity contribution in [3.05, 3.63) is 51.0 Å². The van der Waals surface area contributed by atoms with Crippen LogP contribution in [-0.2, 0) is 0 Å². The fraction of sp³-hybridized carbons (Fsp3) is 0. The monoisotopic (exact) mass is 314 g/mol. The molecule has 0 aliphatic heterocycles. The summed E-state index contributed by atoms with van der Waals surface area (Å²) in [5, 5.41) is 10.8. The van der Waals surface area contributed by atoms with Gasteiger partial charge in [0.05, 0.1) is 21.4 Å². The van der Waals surface area contributed by atoms with Gasteiger partial charge >= 0.3 is 0 Å². The maximum Gasteiger partial charge on any atom is 0.143 e. The van der Waals surface area contributed by atoms with Crippen molar-refractivity contribution in [1.29, 1.82) is 0 Å². The summed E-state index contributed by atoms with van der Waals surface area (Å²) in [4.78, 5) is 4.18. The number of benzene rings is 2. The molecule has 0 saturated heterocycles. The minimum Gasteiger partial charge on any atom is -0.506 e. The predicted molar refractivity (Wildman–Crippen MR) is 81.2 cm³/mol. The van der Waals surface area contributed by atoms with E-state index in [1.807, 2.05) is 0 Å². The van der Waals surface area contributed by atoms with Crippen LogP contribution in [0.25, 0.3) is 0 Å². The van der Waals surface area contributed by atoms with Crippen molar-refractivity contribution in [2.75, 3.05) is 5.73 Å². The van der Waals surface area contributed by atoms with Gasteiger partial charge in [0.15, 0.2) is 0 Å². The van der Waals surface area contributed by atoms with Crippen LogP contribution in [0.4, 0.5) is 11.4 Å². The number of anilines is 1. The Kier molecular flexibility index (Phi) is 4.20. The summed E-state index contributed by atoms with van der Waals surface area (Å²) >= 11 is 17.6. The lowest BCUT2D eigenvalue weighted by Gasteiger charge is -2.03. The molecule has 2 aromatic carbocycles. The average molecular weight is 316 g/mol. The van der Waals surface area contributed by atoms with Gasteiger partial charge in [-0.15, -0.1) is 0 Å². The van der Waals surface area contributed by atoms with Crippen LogP contribution in [0.3, 0.4) is 0 Å². The van der Waals surface area contributed by atoms with Crippen LogP contribution in [0.1, 0.15) is 5.56 Å². The highest BCUT2D eigenvalue weighted by Crippen LogP contribution is 2.31. The lowest BCUT2D eigenvalue weighted by atomic mass is 10.2. The Morgan fingerprint density at radius 1 is 1.05 bits per heavy atom. The van der Waals surface area contributed by atoms with E-state index >= 15 is 0 Å². The van der Waals surface area contributed by atoms with Gasteiger partial charge in [0, 0.05) is 16.8 Å². The summed E-state index contributed by atoms with van der Waals surface area (Å²) < 4.78 is 0. The Morgan fingerprint density at radius 3 is 2.47 bits per heavy atom. The molecular formula is C13H9Cl3N2O. The molecule has 0 unspecified atom stereocenters. The molecule has 0 fully saturated rings. The highest BCUT2D eigenvalue weighted by molar-refractivity contribution is 6.36. The SMILES string of the molecule is Nc1ccc(N=Cc2cc(Cl)cc(Cl)c2O)cc1Cl. The molecule has 2 rings (SSSR count). The Labute approximate surface area is 125 Å². The molecule has 0 radical (unpaired) electrons. The van der Waals surface area contributed by atoms with Crippen LogP contribution in [-0.4, -0.2) is 11.3 Å². The Bertz CT molecular complexity index is 657. The van der Waals surface area contributed by atoms with Gasteiger partial charge in [-0.3, -0.25) is 4.99 Å². The maximum atomic E-state index is 9.77. The van der Waals surface area contributed by atoms with Gasteiger partial charge in [0.1, 0.15) is 5.75 Å². The van der Waals surface area contributed by atoms with Gasteiger partial charge in [-0.2, -0.15) is 0 Å². The van der Waals surface area contributed by atoms with Crippen LogP contribution in [0.5, 0.6) is 5.75 Å². The first-order valence-electron chi connectivity index (χ1n) is 5.24. The lowest BCUT2D eigenvalue weighted by Crippen LogP contribution is -1.86. The van der Waals surface area contributed by atoms with Crippen molar-refractivity contribution in [3.8, 4) is 5.75 Å². The maximum absolute atomic E-state index is 9.77. The second-order valence-corrected chi connectivity index (χ2v) is 5.04. The van der Waals surface area contributed by atoms with Crippen molar-refractivity contribution in [1.82, 2.24) is 0 Å². The quantitative estimate of drug-likeness (QED) is 0.624. The molecule has 3 nitrogen and oxygen atoms in total. The topological polar surface area (TPSA) is 58.6 Å². The van der Waals surface area contributed by atoms with Gasteiger partial charge in [-0.1, -0.05) is 34.8 Å². The molecule has 0 atom stereocenters. The minimum atomic E-state index is -0.0728. The third-order valence-electron chi connectivity index (χ3n) is 2.39. The number of nitrogens with two attached hydrogens (primary N) is 1. The number of halogens is 3. The number of aromatic hydroxyl groups is 1. The van der Waals surface area contributed by atoms with Gasteiger partial charge in [0.25, 0.3) is 0 Å². The van der Waals surface area contributed by atoms with Crippen LogP contribution in [0.15, 0.2) is 35.3 Å². The van der Waals surface area contributed by atoms with E-state index in [1.54, 1.807) is 24.3 Å². The molecule has 0 bridgehead atoms. The summed E-state index contributed by atoms with van der Waals surface area (Å²) in [6.07, 6.45) is 1.45. The lowest BCUT2D eigenvalue weighted by molar-refractivity contribution is 0.475. The van der Waals surface area contributed by atoms with Crippen molar-refractivity contribution in [2.45, 2.75) is 0 Å². The smallest absolute Gasteiger partial charge is 0.143 e. The second kappa shape index (κ2) is 5.70. The normalized spacial score (nSPS) is 11.1. The molecule has 0 aliphatic rings. The van der Waals surface area contributed by atoms with Crippen LogP contribution < -0.4 is 5.73 Å². The van der Waals surface area contributed by atoms with Crippen molar-refractivity contribution < 1.29 is 5.11 Å². The first-order valence-corrected chi connectivity index (χ1v) is 6.38. The Morgan fingerprint density at radius 2 is 1.79 bits per heavy atom. The number of nitrogen functional groups attached to an aromatic ring is 1. The molecule has 0 aromatic heterocycles. The first kappa shape index (κ1) is 14.0. The summed E-state index contributed by atoms with van der Waals surface area (Å²) in [6.45, 7) is 0. The summed E-state index contributed by atoms with van der Waals surface area (Å²) in [6, 6.07) is 8.00. The molecular weight excluding hydrogens is 307 g/mol. The van der Waals surface area contributed by atoms with Crippen molar-refractivity contribution >= 4 is 52.4 Å². The summed E-state index contributed by atoms with van der Waals surface area (Å²) in [7, 11) is 0. The molecule has 19 heavy (non-hydrogen) atoms. The number of phenolic OH excluding ortho intramolecular Hbond substituents is 1. The van der Waals surface area contributed by atoms with Crippen molar-refractivity contribution in [3.63, 3.8) is 0 Å². The second-order valence-electron chi connectivity index (χ2n) is 3.79. The third-order valence-corrected chi connectivity index (χ3v) is 3.23.